The average molecular weight is 240 g/mol. The minimum absolute atomic E-state index is 0.0926. The third-order valence-corrected chi connectivity index (χ3v) is 4.12. The number of hydrogen-bond donors (Lipinski definition) is 0. The Balaban J connectivity index is 1.88. The van der Waals surface area contributed by atoms with Gasteiger partial charge < -0.3 is 4.90 Å². The Morgan fingerprint density at radius 1 is 1.39 bits per heavy atom. The molecular weight excluding hydrogens is 224 g/mol. The molecule has 1 aromatic carbocycles. The van der Waals surface area contributed by atoms with Crippen molar-refractivity contribution in [2.45, 2.75) is 32.1 Å². The lowest BCUT2D eigenvalue weighted by Crippen LogP contribution is -2.31. The second-order valence-electron chi connectivity index (χ2n) is 5.48. The molecule has 1 aromatic rings. The number of nitriles is 1. The second-order valence-corrected chi connectivity index (χ2v) is 5.48. The van der Waals surface area contributed by atoms with Crippen molar-refractivity contribution in [1.82, 2.24) is 0 Å². The number of aryl methyl sites for hydroxylation is 1. The monoisotopic (exact) mass is 240 g/mol. The molecule has 1 amide bonds. The Bertz CT molecular complexity index is 552. The summed E-state index contributed by atoms with van der Waals surface area (Å²) in [6, 6.07) is 8.69. The number of carbonyl (C=O) groups excluding carboxylic acids is 1. The third-order valence-electron chi connectivity index (χ3n) is 4.12. The number of carbonyl (C=O) groups is 1. The zero-order valence-electron chi connectivity index (χ0n) is 10.6. The van der Waals surface area contributed by atoms with Crippen LogP contribution in [0.1, 0.15) is 30.4 Å². The zero-order chi connectivity index (χ0) is 12.8. The van der Waals surface area contributed by atoms with Crippen LogP contribution in [0, 0.1) is 16.7 Å². The number of nitrogens with zero attached hydrogens (tertiary/aromatic N) is 2. The van der Waals surface area contributed by atoms with E-state index < -0.39 is 0 Å². The van der Waals surface area contributed by atoms with Crippen molar-refractivity contribution >= 4 is 11.6 Å². The van der Waals surface area contributed by atoms with E-state index >= 15 is 0 Å². The summed E-state index contributed by atoms with van der Waals surface area (Å²) < 4.78 is 0. The smallest absolute Gasteiger partial charge is 0.227 e. The largest absolute Gasteiger partial charge is 0.315 e. The molecule has 0 spiro atoms. The summed E-state index contributed by atoms with van der Waals surface area (Å²) in [5, 5.41) is 9.13. The first-order valence-corrected chi connectivity index (χ1v) is 6.43. The van der Waals surface area contributed by atoms with Crippen LogP contribution in [0.4, 0.5) is 5.69 Å². The van der Waals surface area contributed by atoms with Crippen LogP contribution in [-0.2, 0) is 17.6 Å². The summed E-state index contributed by atoms with van der Waals surface area (Å²) in [4.78, 5) is 13.3. The van der Waals surface area contributed by atoms with Gasteiger partial charge in [0.25, 0.3) is 0 Å². The number of hydrogen-bond acceptors (Lipinski definition) is 2. The number of rotatable bonds is 2. The summed E-state index contributed by atoms with van der Waals surface area (Å²) >= 11 is 0. The van der Waals surface area contributed by atoms with Crippen LogP contribution in [0.15, 0.2) is 18.2 Å². The standard InChI is InChI=1S/C15H16N2O/c1-17-13-4-2-11(9-15(10-16)6-7-15)8-12(13)3-5-14(17)18/h2,4,8H,3,5-7,9H2,1H3. The van der Waals surface area contributed by atoms with Crippen LogP contribution in [-0.4, -0.2) is 13.0 Å². The van der Waals surface area contributed by atoms with E-state index in [1.165, 1.54) is 11.1 Å². The van der Waals surface area contributed by atoms with Gasteiger partial charge in [-0.1, -0.05) is 12.1 Å². The molecule has 0 atom stereocenters. The van der Waals surface area contributed by atoms with Gasteiger partial charge in [-0.15, -0.1) is 0 Å². The van der Waals surface area contributed by atoms with E-state index in [1.54, 1.807) is 4.90 Å². The lowest BCUT2D eigenvalue weighted by Gasteiger charge is -2.26. The summed E-state index contributed by atoms with van der Waals surface area (Å²) in [6.07, 6.45) is 4.33. The van der Waals surface area contributed by atoms with Crippen LogP contribution in [0.25, 0.3) is 0 Å². The highest BCUT2D eigenvalue weighted by atomic mass is 16.2. The molecule has 3 nitrogen and oxygen atoms in total. The zero-order valence-corrected chi connectivity index (χ0v) is 10.6. The maximum Gasteiger partial charge on any atom is 0.227 e. The summed E-state index contributed by atoms with van der Waals surface area (Å²) in [7, 11) is 1.83. The van der Waals surface area contributed by atoms with Gasteiger partial charge in [0.2, 0.25) is 5.91 Å². The van der Waals surface area contributed by atoms with Crippen molar-refractivity contribution < 1.29 is 4.79 Å². The van der Waals surface area contributed by atoms with Gasteiger partial charge in [-0.05, 0) is 42.9 Å². The van der Waals surface area contributed by atoms with E-state index in [0.717, 1.165) is 31.4 Å². The van der Waals surface area contributed by atoms with E-state index in [1.807, 2.05) is 13.1 Å². The molecule has 1 saturated carbocycles. The van der Waals surface area contributed by atoms with E-state index in [9.17, 15) is 4.79 Å². The molecule has 0 saturated heterocycles. The van der Waals surface area contributed by atoms with Crippen LogP contribution in [0.2, 0.25) is 0 Å². The molecule has 3 heteroatoms. The van der Waals surface area contributed by atoms with E-state index in [0.29, 0.717) is 6.42 Å². The molecule has 0 unspecified atom stereocenters. The number of anilines is 1. The van der Waals surface area contributed by atoms with Gasteiger partial charge in [0.05, 0.1) is 11.5 Å². The molecule has 1 heterocycles. The molecule has 3 rings (SSSR count). The van der Waals surface area contributed by atoms with Gasteiger partial charge in [-0.3, -0.25) is 4.79 Å². The van der Waals surface area contributed by atoms with E-state index in [4.69, 9.17) is 5.26 Å². The normalized spacial score (nSPS) is 20.2. The Labute approximate surface area is 107 Å². The summed E-state index contributed by atoms with van der Waals surface area (Å²) in [6.45, 7) is 0. The molecule has 1 fully saturated rings. The fraction of sp³-hybridized carbons (Fsp3) is 0.467. The molecule has 1 aliphatic carbocycles. The topological polar surface area (TPSA) is 44.1 Å². The highest BCUT2D eigenvalue weighted by Crippen LogP contribution is 2.48. The lowest BCUT2D eigenvalue weighted by molar-refractivity contribution is -0.118. The Kier molecular flexibility index (Phi) is 2.41. The first kappa shape index (κ1) is 11.3. The first-order chi connectivity index (χ1) is 8.63. The van der Waals surface area contributed by atoms with E-state index in [-0.39, 0.29) is 11.3 Å². The molecule has 92 valence electrons. The molecule has 0 aromatic heterocycles. The third kappa shape index (κ3) is 1.78. The van der Waals surface area contributed by atoms with Crippen LogP contribution in [0.5, 0.6) is 0 Å². The SMILES string of the molecule is CN1C(=O)CCc2cc(CC3(C#N)CC3)ccc21. The van der Waals surface area contributed by atoms with Crippen LogP contribution < -0.4 is 4.90 Å². The van der Waals surface area contributed by atoms with Gasteiger partial charge in [0.1, 0.15) is 0 Å². The molecule has 0 bridgehead atoms. The van der Waals surface area contributed by atoms with Crippen molar-refractivity contribution in [3.63, 3.8) is 0 Å². The predicted molar refractivity (Wildman–Crippen MR) is 69.2 cm³/mol. The number of fused-ring (bicyclic) bond motifs is 1. The second kappa shape index (κ2) is 3.84. The Morgan fingerprint density at radius 3 is 2.83 bits per heavy atom. The van der Waals surface area contributed by atoms with Gasteiger partial charge in [0, 0.05) is 19.2 Å². The maximum absolute atomic E-state index is 11.6. The summed E-state index contributed by atoms with van der Waals surface area (Å²) in [5.74, 6) is 0.186. The van der Waals surface area contributed by atoms with Crippen molar-refractivity contribution in [2.24, 2.45) is 5.41 Å². The van der Waals surface area contributed by atoms with Gasteiger partial charge in [-0.2, -0.15) is 5.26 Å². The average Bonchev–Trinajstić information content (AvgIpc) is 3.14. The van der Waals surface area contributed by atoms with E-state index in [2.05, 4.69) is 18.2 Å². The van der Waals surface area contributed by atoms with Crippen molar-refractivity contribution in [2.75, 3.05) is 11.9 Å². The first-order valence-electron chi connectivity index (χ1n) is 6.43. The molecule has 0 radical (unpaired) electrons. The Hall–Kier alpha value is -1.82. The minimum Gasteiger partial charge on any atom is -0.315 e. The quantitative estimate of drug-likeness (QED) is 0.797. The maximum atomic E-state index is 11.6. The summed E-state index contributed by atoms with van der Waals surface area (Å²) in [5.41, 5.74) is 3.40. The van der Waals surface area contributed by atoms with Crippen LogP contribution >= 0.6 is 0 Å². The number of amides is 1. The highest BCUT2D eigenvalue weighted by molar-refractivity contribution is 5.95. The van der Waals surface area contributed by atoms with Gasteiger partial charge in [-0.25, -0.2) is 0 Å². The number of benzene rings is 1. The highest BCUT2D eigenvalue weighted by Gasteiger charge is 2.43. The minimum atomic E-state index is -0.0926. The van der Waals surface area contributed by atoms with Gasteiger partial charge in [0.15, 0.2) is 0 Å². The fourth-order valence-electron chi connectivity index (χ4n) is 2.69. The predicted octanol–water partition coefficient (Wildman–Crippen LogP) is 2.44. The lowest BCUT2D eigenvalue weighted by atomic mass is 9.93. The van der Waals surface area contributed by atoms with Crippen molar-refractivity contribution in [3.05, 3.63) is 29.3 Å². The van der Waals surface area contributed by atoms with Crippen molar-refractivity contribution in [1.29, 1.82) is 5.26 Å². The molecule has 18 heavy (non-hydrogen) atoms. The van der Waals surface area contributed by atoms with Gasteiger partial charge >= 0.3 is 0 Å². The Morgan fingerprint density at radius 2 is 2.17 bits per heavy atom. The molecule has 0 N–H and O–H groups in total. The van der Waals surface area contributed by atoms with Crippen molar-refractivity contribution in [3.8, 4) is 6.07 Å². The fourth-order valence-corrected chi connectivity index (χ4v) is 2.69. The molecule has 1 aliphatic heterocycles. The molecule has 2 aliphatic rings. The van der Waals surface area contributed by atoms with Crippen LogP contribution in [0.3, 0.4) is 0 Å². The molecular formula is C15H16N2O.